The molecule has 0 saturated carbocycles. The second-order valence-electron chi connectivity index (χ2n) is 9.01. The maximum absolute atomic E-state index is 11.5. The number of carbonyl (C=O) groups is 1. The molecule has 3 aromatic rings. The van der Waals surface area contributed by atoms with Gasteiger partial charge in [-0.2, -0.15) is 0 Å². The molecule has 32 heavy (non-hydrogen) atoms. The zero-order valence-electron chi connectivity index (χ0n) is 18.3. The Bertz CT molecular complexity index is 1220. The summed E-state index contributed by atoms with van der Waals surface area (Å²) in [5, 5.41) is 1.42. The molecule has 1 aromatic heterocycles. The molecule has 0 saturated heterocycles. The van der Waals surface area contributed by atoms with E-state index in [-0.39, 0.29) is 11.7 Å². The summed E-state index contributed by atoms with van der Waals surface area (Å²) < 4.78 is 5.86. The van der Waals surface area contributed by atoms with Gasteiger partial charge >= 0.3 is 0 Å². The Morgan fingerprint density at radius 3 is 2.84 bits per heavy atom. The minimum absolute atomic E-state index is 0.0788. The van der Waals surface area contributed by atoms with Crippen molar-refractivity contribution < 1.29 is 9.53 Å². The van der Waals surface area contributed by atoms with E-state index < -0.39 is 0 Å². The van der Waals surface area contributed by atoms with Gasteiger partial charge in [0.1, 0.15) is 11.5 Å². The van der Waals surface area contributed by atoms with Crippen molar-refractivity contribution >= 4 is 29.0 Å². The molecule has 1 aliphatic carbocycles. The lowest BCUT2D eigenvalue weighted by molar-refractivity contribution is -0.117. The fourth-order valence-electron chi connectivity index (χ4n) is 5.18. The molecule has 2 aromatic carbocycles. The topological polar surface area (TPSA) is 39.2 Å². The number of ketones is 1. The summed E-state index contributed by atoms with van der Waals surface area (Å²) in [5.74, 6) is 1.50. The van der Waals surface area contributed by atoms with Gasteiger partial charge < -0.3 is 9.53 Å². The highest BCUT2D eigenvalue weighted by molar-refractivity contribution is 6.39. The molecule has 1 unspecified atom stereocenters. The minimum Gasteiger partial charge on any atom is -0.491 e. The zero-order chi connectivity index (χ0) is 22.4. The minimum atomic E-state index is 0.0788. The number of pyridine rings is 1. The van der Waals surface area contributed by atoms with Crippen molar-refractivity contribution in [2.24, 2.45) is 0 Å². The van der Waals surface area contributed by atoms with Gasteiger partial charge in [0.2, 0.25) is 0 Å². The van der Waals surface area contributed by atoms with E-state index in [0.717, 1.165) is 52.4 Å². The van der Waals surface area contributed by atoms with Gasteiger partial charge in [-0.05, 0) is 79.0 Å². The Hall–Kier alpha value is -2.36. The van der Waals surface area contributed by atoms with E-state index in [2.05, 4.69) is 29.2 Å². The van der Waals surface area contributed by atoms with E-state index in [1.54, 1.807) is 6.92 Å². The van der Waals surface area contributed by atoms with Gasteiger partial charge in [-0.15, -0.1) is 0 Å². The normalized spacial score (nSPS) is 18.9. The molecule has 164 valence electrons. The van der Waals surface area contributed by atoms with Crippen LogP contribution in [0.5, 0.6) is 5.75 Å². The van der Waals surface area contributed by atoms with Crippen LogP contribution in [0, 0.1) is 6.92 Å². The molecule has 5 heteroatoms. The number of ether oxygens (including phenoxy) is 1. The van der Waals surface area contributed by atoms with Crippen molar-refractivity contribution in [3.8, 4) is 16.9 Å². The van der Waals surface area contributed by atoms with Gasteiger partial charge in [-0.1, -0.05) is 47.5 Å². The standard InChI is InChI=1S/C27H25Cl2NO2/c1-15-6-9-23(28)25(26(15)29)22-5-3-4-20-18(7-8-21(20)22)11-17-12-24-27(30-13-17)19(14-32-24)10-16(2)31/h3-6,9,12-13,18-19H,7-8,10-11,14H2,1-2H3/t18-,19?/m0/s1. The van der Waals surface area contributed by atoms with Crippen molar-refractivity contribution in [3.05, 3.63) is 80.6 Å². The van der Waals surface area contributed by atoms with Gasteiger partial charge in [0.25, 0.3) is 0 Å². The van der Waals surface area contributed by atoms with E-state index in [4.69, 9.17) is 27.9 Å². The van der Waals surface area contributed by atoms with Crippen LogP contribution in [0.1, 0.15) is 59.5 Å². The lowest BCUT2D eigenvalue weighted by atomic mass is 9.91. The van der Waals surface area contributed by atoms with E-state index in [1.807, 2.05) is 25.3 Å². The number of aryl methyl sites for hydroxylation is 1. The maximum atomic E-state index is 11.5. The van der Waals surface area contributed by atoms with Crippen molar-refractivity contribution in [2.45, 2.75) is 51.4 Å². The Morgan fingerprint density at radius 2 is 2.03 bits per heavy atom. The molecular weight excluding hydrogens is 441 g/mol. The van der Waals surface area contributed by atoms with Crippen molar-refractivity contribution in [1.29, 1.82) is 0 Å². The molecule has 0 bridgehead atoms. The first-order valence-electron chi connectivity index (χ1n) is 11.1. The number of halogens is 2. The quantitative estimate of drug-likeness (QED) is 0.403. The van der Waals surface area contributed by atoms with E-state index in [1.165, 1.54) is 16.7 Å². The highest BCUT2D eigenvalue weighted by Gasteiger charge is 2.29. The number of hydrogen-bond donors (Lipinski definition) is 0. The second kappa shape index (κ2) is 8.53. The van der Waals surface area contributed by atoms with Gasteiger partial charge in [-0.3, -0.25) is 4.98 Å². The molecule has 3 nitrogen and oxygen atoms in total. The number of carbonyl (C=O) groups excluding carboxylic acids is 1. The molecule has 0 radical (unpaired) electrons. The van der Waals surface area contributed by atoms with E-state index >= 15 is 0 Å². The average molecular weight is 466 g/mol. The Balaban J connectivity index is 1.43. The fraction of sp³-hybridized carbons (Fsp3) is 0.333. The lowest BCUT2D eigenvalue weighted by Crippen LogP contribution is -2.06. The summed E-state index contributed by atoms with van der Waals surface area (Å²) in [4.78, 5) is 16.2. The van der Waals surface area contributed by atoms with Crippen LogP contribution < -0.4 is 4.74 Å². The average Bonchev–Trinajstić information content (AvgIpc) is 3.35. The van der Waals surface area contributed by atoms with Crippen molar-refractivity contribution in [2.75, 3.05) is 6.61 Å². The zero-order valence-corrected chi connectivity index (χ0v) is 19.8. The van der Waals surface area contributed by atoms with Crippen molar-refractivity contribution in [1.82, 2.24) is 4.98 Å². The molecule has 0 N–H and O–H groups in total. The monoisotopic (exact) mass is 465 g/mol. The molecule has 0 fully saturated rings. The molecule has 0 spiro atoms. The van der Waals surface area contributed by atoms with Crippen LogP contribution in [-0.4, -0.2) is 17.4 Å². The number of fused-ring (bicyclic) bond motifs is 2. The van der Waals surface area contributed by atoms with Gasteiger partial charge in [0.15, 0.2) is 0 Å². The Morgan fingerprint density at radius 1 is 1.19 bits per heavy atom. The van der Waals surface area contributed by atoms with Crippen LogP contribution in [0.15, 0.2) is 42.6 Å². The Kier molecular flexibility index (Phi) is 5.73. The summed E-state index contributed by atoms with van der Waals surface area (Å²) in [6.45, 7) is 4.17. The maximum Gasteiger partial charge on any atom is 0.141 e. The third-order valence-corrected chi connectivity index (χ3v) is 7.53. The molecule has 2 heterocycles. The van der Waals surface area contributed by atoms with Crippen molar-refractivity contribution in [3.63, 3.8) is 0 Å². The summed E-state index contributed by atoms with van der Waals surface area (Å²) >= 11 is 13.2. The molecule has 0 amide bonds. The first-order valence-corrected chi connectivity index (χ1v) is 11.9. The summed E-state index contributed by atoms with van der Waals surface area (Å²) in [7, 11) is 0. The highest BCUT2D eigenvalue weighted by atomic mass is 35.5. The van der Waals surface area contributed by atoms with E-state index in [0.29, 0.717) is 24.0 Å². The first-order chi connectivity index (χ1) is 15.4. The largest absolute Gasteiger partial charge is 0.491 e. The predicted octanol–water partition coefficient (Wildman–Crippen LogP) is 7.09. The smallest absolute Gasteiger partial charge is 0.141 e. The highest BCUT2D eigenvalue weighted by Crippen LogP contribution is 2.45. The van der Waals surface area contributed by atoms with Crippen LogP contribution in [0.4, 0.5) is 0 Å². The van der Waals surface area contributed by atoms with Crippen LogP contribution >= 0.6 is 23.2 Å². The fourth-order valence-corrected chi connectivity index (χ4v) is 5.75. The van der Waals surface area contributed by atoms with E-state index in [9.17, 15) is 4.79 Å². The SMILES string of the molecule is CC(=O)CC1COc2cc(C[C@@H]3CCc4c(-c5c(Cl)ccc(C)c5Cl)cccc43)cnc21. The number of hydrogen-bond acceptors (Lipinski definition) is 3. The second-order valence-corrected chi connectivity index (χ2v) is 9.79. The number of aromatic nitrogens is 1. The molecule has 1 aliphatic heterocycles. The van der Waals surface area contributed by atoms with Crippen LogP contribution in [0.3, 0.4) is 0 Å². The summed E-state index contributed by atoms with van der Waals surface area (Å²) in [5.41, 5.74) is 7.92. The third kappa shape index (κ3) is 3.82. The third-order valence-electron chi connectivity index (χ3n) is 6.73. The number of nitrogens with zero attached hydrogens (tertiary/aromatic N) is 1. The number of Topliss-reactive ketones (excluding diaryl/α,β-unsaturated/α-hetero) is 1. The van der Waals surface area contributed by atoms with Gasteiger partial charge in [0, 0.05) is 29.1 Å². The molecule has 5 rings (SSSR count). The van der Waals surface area contributed by atoms with Crippen LogP contribution in [-0.2, 0) is 17.6 Å². The molecule has 2 atom stereocenters. The summed E-state index contributed by atoms with van der Waals surface area (Å²) in [6, 6.07) is 12.5. The molecular formula is C27H25Cl2NO2. The number of benzene rings is 2. The van der Waals surface area contributed by atoms with Crippen LogP contribution in [0.2, 0.25) is 10.0 Å². The summed E-state index contributed by atoms with van der Waals surface area (Å²) in [6.07, 6.45) is 5.44. The van der Waals surface area contributed by atoms with Gasteiger partial charge in [-0.25, -0.2) is 0 Å². The van der Waals surface area contributed by atoms with Crippen LogP contribution in [0.25, 0.3) is 11.1 Å². The lowest BCUT2D eigenvalue weighted by Gasteiger charge is -2.16. The first kappa shape index (κ1) is 21.5. The molecule has 2 aliphatic rings. The number of rotatable bonds is 5. The van der Waals surface area contributed by atoms with Gasteiger partial charge in [0.05, 0.1) is 17.3 Å². The predicted molar refractivity (Wildman–Crippen MR) is 129 cm³/mol. The Labute approximate surface area is 198 Å².